The van der Waals surface area contributed by atoms with Crippen LogP contribution >= 0.6 is 0 Å². The van der Waals surface area contributed by atoms with Gasteiger partial charge < -0.3 is 10.2 Å². The normalized spacial score (nSPS) is 14.6. The van der Waals surface area contributed by atoms with E-state index in [2.05, 4.69) is 21.3 Å². The first-order chi connectivity index (χ1) is 13.4. The molecule has 0 spiro atoms. The van der Waals surface area contributed by atoms with Crippen LogP contribution in [0, 0.1) is 6.92 Å². The van der Waals surface area contributed by atoms with Crippen LogP contribution in [0.4, 0.5) is 24.5 Å². The first-order valence-electron chi connectivity index (χ1n) is 9.47. The van der Waals surface area contributed by atoms with E-state index in [0.29, 0.717) is 0 Å². The molecule has 1 fully saturated rings. The van der Waals surface area contributed by atoms with Gasteiger partial charge in [-0.2, -0.15) is 13.2 Å². The summed E-state index contributed by atoms with van der Waals surface area (Å²) >= 11 is 0. The monoisotopic (exact) mass is 385 g/mol. The van der Waals surface area contributed by atoms with E-state index in [1.54, 1.807) is 6.07 Å². The Hall–Kier alpha value is -2.76. The number of nitrogens with zero attached hydrogens (tertiary/aromatic N) is 2. The maximum atomic E-state index is 13.2. The van der Waals surface area contributed by atoms with Gasteiger partial charge >= 0.3 is 6.18 Å². The minimum absolute atomic E-state index is 0.103. The highest BCUT2D eigenvalue weighted by atomic mass is 19.4. The van der Waals surface area contributed by atoms with Gasteiger partial charge in [-0.1, -0.05) is 18.2 Å². The van der Waals surface area contributed by atoms with Crippen molar-refractivity contribution in [1.82, 2.24) is 4.98 Å². The molecular formula is C22H22F3N3. The molecule has 2 heterocycles. The molecule has 0 unspecified atom stereocenters. The SMILES string of the molecule is Cc1cc(N2CCCC2)c2ccc(NCc3ccccc3C(F)(F)F)cc2n1. The fourth-order valence-electron chi connectivity index (χ4n) is 3.82. The Bertz CT molecular complexity index is 992. The van der Waals surface area contributed by atoms with Gasteiger partial charge in [-0.25, -0.2) is 0 Å². The number of aryl methyl sites for hydroxylation is 1. The van der Waals surface area contributed by atoms with Gasteiger partial charge in [-0.05, 0) is 55.7 Å². The lowest BCUT2D eigenvalue weighted by Crippen LogP contribution is -2.18. The van der Waals surface area contributed by atoms with Crippen molar-refractivity contribution in [3.05, 3.63) is 65.4 Å². The summed E-state index contributed by atoms with van der Waals surface area (Å²) in [6.07, 6.45) is -1.97. The molecule has 1 aliphatic rings. The number of benzene rings is 2. The average molecular weight is 385 g/mol. The molecule has 6 heteroatoms. The molecule has 1 aliphatic heterocycles. The zero-order chi connectivity index (χ0) is 19.7. The van der Waals surface area contributed by atoms with Crippen LogP contribution in [-0.2, 0) is 12.7 Å². The van der Waals surface area contributed by atoms with Gasteiger partial charge in [0.2, 0.25) is 0 Å². The molecule has 1 saturated heterocycles. The topological polar surface area (TPSA) is 28.2 Å². The molecule has 4 rings (SSSR count). The smallest absolute Gasteiger partial charge is 0.381 e. The molecule has 0 aliphatic carbocycles. The highest BCUT2D eigenvalue weighted by Crippen LogP contribution is 2.33. The van der Waals surface area contributed by atoms with E-state index in [-0.39, 0.29) is 12.1 Å². The molecule has 2 aromatic carbocycles. The minimum atomic E-state index is -4.36. The molecule has 0 bridgehead atoms. The Morgan fingerprint density at radius 2 is 1.79 bits per heavy atom. The maximum absolute atomic E-state index is 13.2. The van der Waals surface area contributed by atoms with E-state index in [1.807, 2.05) is 25.1 Å². The minimum Gasteiger partial charge on any atom is -0.381 e. The number of hydrogen-bond acceptors (Lipinski definition) is 3. The zero-order valence-electron chi connectivity index (χ0n) is 15.7. The lowest BCUT2D eigenvalue weighted by Gasteiger charge is -2.21. The molecule has 0 radical (unpaired) electrons. The number of fused-ring (bicyclic) bond motifs is 1. The van der Waals surface area contributed by atoms with Crippen molar-refractivity contribution in [2.45, 2.75) is 32.5 Å². The lowest BCUT2D eigenvalue weighted by atomic mass is 10.1. The third-order valence-corrected chi connectivity index (χ3v) is 5.17. The lowest BCUT2D eigenvalue weighted by molar-refractivity contribution is -0.138. The second-order valence-corrected chi connectivity index (χ2v) is 7.22. The molecule has 146 valence electrons. The van der Waals surface area contributed by atoms with Crippen molar-refractivity contribution in [3.8, 4) is 0 Å². The standard InChI is InChI=1S/C22H22F3N3/c1-15-12-21(28-10-4-5-11-28)18-9-8-17(13-20(18)27-15)26-14-16-6-2-3-7-19(16)22(23,24)25/h2-3,6-9,12-13,26H,4-5,10-11,14H2,1H3. The van der Waals surface area contributed by atoms with Gasteiger partial charge in [0, 0.05) is 42.1 Å². The fraction of sp³-hybridized carbons (Fsp3) is 0.318. The van der Waals surface area contributed by atoms with E-state index >= 15 is 0 Å². The molecular weight excluding hydrogens is 363 g/mol. The van der Waals surface area contributed by atoms with Crippen LogP contribution in [0.15, 0.2) is 48.5 Å². The van der Waals surface area contributed by atoms with Crippen molar-refractivity contribution in [2.24, 2.45) is 0 Å². The molecule has 28 heavy (non-hydrogen) atoms. The first-order valence-corrected chi connectivity index (χ1v) is 9.47. The Morgan fingerprint density at radius 3 is 2.54 bits per heavy atom. The van der Waals surface area contributed by atoms with E-state index in [0.717, 1.165) is 41.4 Å². The second kappa shape index (κ2) is 7.34. The van der Waals surface area contributed by atoms with E-state index < -0.39 is 11.7 Å². The Kier molecular flexibility index (Phi) is 4.87. The predicted molar refractivity (Wildman–Crippen MR) is 107 cm³/mol. The summed E-state index contributed by atoms with van der Waals surface area (Å²) in [6, 6.07) is 13.6. The number of pyridine rings is 1. The first kappa shape index (κ1) is 18.6. The van der Waals surface area contributed by atoms with Crippen LogP contribution in [0.1, 0.15) is 29.7 Å². The van der Waals surface area contributed by atoms with Crippen LogP contribution in [0.5, 0.6) is 0 Å². The van der Waals surface area contributed by atoms with Crippen molar-refractivity contribution in [2.75, 3.05) is 23.3 Å². The number of aromatic nitrogens is 1. The second-order valence-electron chi connectivity index (χ2n) is 7.22. The number of rotatable bonds is 4. The maximum Gasteiger partial charge on any atom is 0.416 e. The average Bonchev–Trinajstić information content (AvgIpc) is 3.19. The Morgan fingerprint density at radius 1 is 1.04 bits per heavy atom. The molecule has 1 aromatic heterocycles. The van der Waals surface area contributed by atoms with E-state index in [9.17, 15) is 13.2 Å². The number of hydrogen-bond donors (Lipinski definition) is 1. The molecule has 0 atom stereocenters. The van der Waals surface area contributed by atoms with Gasteiger partial charge in [0.1, 0.15) is 0 Å². The summed E-state index contributed by atoms with van der Waals surface area (Å²) in [5, 5.41) is 4.20. The third-order valence-electron chi connectivity index (χ3n) is 5.17. The van der Waals surface area contributed by atoms with Gasteiger partial charge in [-0.3, -0.25) is 4.98 Å². The van der Waals surface area contributed by atoms with E-state index in [1.165, 1.54) is 30.7 Å². The van der Waals surface area contributed by atoms with Gasteiger partial charge in [0.15, 0.2) is 0 Å². The fourth-order valence-corrected chi connectivity index (χ4v) is 3.82. The molecule has 3 nitrogen and oxygen atoms in total. The number of anilines is 2. The van der Waals surface area contributed by atoms with Crippen LogP contribution in [0.25, 0.3) is 10.9 Å². The van der Waals surface area contributed by atoms with Crippen molar-refractivity contribution in [3.63, 3.8) is 0 Å². The van der Waals surface area contributed by atoms with Crippen LogP contribution in [0.2, 0.25) is 0 Å². The van der Waals surface area contributed by atoms with Gasteiger partial charge in [0.05, 0.1) is 11.1 Å². The largest absolute Gasteiger partial charge is 0.416 e. The summed E-state index contributed by atoms with van der Waals surface area (Å²) in [7, 11) is 0. The van der Waals surface area contributed by atoms with Crippen LogP contribution in [0.3, 0.4) is 0 Å². The zero-order valence-corrected chi connectivity index (χ0v) is 15.7. The van der Waals surface area contributed by atoms with Crippen LogP contribution < -0.4 is 10.2 Å². The third kappa shape index (κ3) is 3.77. The predicted octanol–water partition coefficient (Wildman–Crippen LogP) is 5.77. The highest BCUT2D eigenvalue weighted by molar-refractivity contribution is 5.94. The Labute approximate surface area is 162 Å². The number of halogens is 3. The van der Waals surface area contributed by atoms with E-state index in [4.69, 9.17) is 0 Å². The molecule has 0 saturated carbocycles. The molecule has 0 amide bonds. The van der Waals surface area contributed by atoms with Crippen molar-refractivity contribution in [1.29, 1.82) is 0 Å². The number of alkyl halides is 3. The molecule has 3 aromatic rings. The number of nitrogens with one attached hydrogen (secondary N) is 1. The van der Waals surface area contributed by atoms with Crippen LogP contribution in [-0.4, -0.2) is 18.1 Å². The molecule has 1 N–H and O–H groups in total. The summed E-state index contributed by atoms with van der Waals surface area (Å²) in [4.78, 5) is 7.01. The van der Waals surface area contributed by atoms with Gasteiger partial charge in [-0.15, -0.1) is 0 Å². The highest BCUT2D eigenvalue weighted by Gasteiger charge is 2.32. The Balaban J connectivity index is 1.61. The van der Waals surface area contributed by atoms with Crippen molar-refractivity contribution >= 4 is 22.3 Å². The summed E-state index contributed by atoms with van der Waals surface area (Å²) in [5.74, 6) is 0. The summed E-state index contributed by atoms with van der Waals surface area (Å²) in [6.45, 7) is 4.17. The van der Waals surface area contributed by atoms with Gasteiger partial charge in [0.25, 0.3) is 0 Å². The summed E-state index contributed by atoms with van der Waals surface area (Å²) < 4.78 is 39.5. The van der Waals surface area contributed by atoms with Crippen molar-refractivity contribution < 1.29 is 13.2 Å². The quantitative estimate of drug-likeness (QED) is 0.618. The summed E-state index contributed by atoms with van der Waals surface area (Å²) in [5.41, 5.74) is 3.37.